The number of hydrogen-bond donors (Lipinski definition) is 3. The van der Waals surface area contributed by atoms with Gasteiger partial charge in [0.25, 0.3) is 0 Å². The number of fused-ring (bicyclic) bond motifs is 2. The van der Waals surface area contributed by atoms with Gasteiger partial charge in [0.05, 0.1) is 6.10 Å². The smallest absolute Gasteiger partial charge is 0.220 e. The molecule has 0 aliphatic carbocycles. The monoisotopic (exact) mass is 318 g/mol. The molecule has 2 saturated heterocycles. The third-order valence-corrected chi connectivity index (χ3v) is 5.15. The molecule has 124 valence electrons. The summed E-state index contributed by atoms with van der Waals surface area (Å²) in [5, 5.41) is 16.6. The molecule has 2 aliphatic rings. The molecule has 2 heterocycles. The molecule has 0 saturated carbocycles. The number of aliphatic hydroxyl groups excluding tert-OH is 1. The van der Waals surface area contributed by atoms with Gasteiger partial charge in [-0.05, 0) is 37.5 Å². The van der Waals surface area contributed by atoms with Crippen LogP contribution in [-0.2, 0) is 4.79 Å². The van der Waals surface area contributed by atoms with Crippen LogP contribution in [0.25, 0.3) is 0 Å². The Bertz CT molecular complexity index is 311. The molecule has 2 bridgehead atoms. The van der Waals surface area contributed by atoms with Crippen molar-refractivity contribution in [2.24, 2.45) is 11.8 Å². The molecule has 5 heteroatoms. The zero-order valence-corrected chi connectivity index (χ0v) is 14.1. The lowest BCUT2D eigenvalue weighted by atomic mass is 9.89. The Labute approximate surface area is 134 Å². The zero-order valence-electron chi connectivity index (χ0n) is 13.3. The van der Waals surface area contributed by atoms with Gasteiger partial charge in [-0.1, -0.05) is 26.7 Å². The summed E-state index contributed by atoms with van der Waals surface area (Å²) in [6.45, 7) is 4.58. The maximum absolute atomic E-state index is 12.0. The van der Waals surface area contributed by atoms with Crippen molar-refractivity contribution in [2.75, 3.05) is 6.54 Å². The third kappa shape index (κ3) is 5.42. The van der Waals surface area contributed by atoms with Crippen LogP contribution in [0, 0.1) is 11.8 Å². The van der Waals surface area contributed by atoms with Gasteiger partial charge in [-0.15, -0.1) is 12.4 Å². The van der Waals surface area contributed by atoms with Crippen LogP contribution >= 0.6 is 12.4 Å². The summed E-state index contributed by atoms with van der Waals surface area (Å²) in [6.07, 6.45) is 6.98. The third-order valence-electron chi connectivity index (χ3n) is 5.15. The van der Waals surface area contributed by atoms with Gasteiger partial charge in [0.15, 0.2) is 0 Å². The molecule has 3 N–H and O–H groups in total. The summed E-state index contributed by atoms with van der Waals surface area (Å²) in [6, 6.07) is 1.28. The van der Waals surface area contributed by atoms with Crippen LogP contribution in [0.1, 0.15) is 58.8 Å². The Balaban J connectivity index is 0.00000220. The normalized spacial score (nSPS) is 29.0. The van der Waals surface area contributed by atoms with Gasteiger partial charge in [-0.3, -0.25) is 4.79 Å². The minimum atomic E-state index is -0.404. The number of amides is 1. The largest absolute Gasteiger partial charge is 0.391 e. The lowest BCUT2D eigenvalue weighted by Gasteiger charge is -2.29. The van der Waals surface area contributed by atoms with Gasteiger partial charge in [-0.25, -0.2) is 0 Å². The van der Waals surface area contributed by atoms with Crippen LogP contribution in [0.15, 0.2) is 0 Å². The van der Waals surface area contributed by atoms with Crippen LogP contribution in [0.4, 0.5) is 0 Å². The minimum absolute atomic E-state index is 0. The summed E-state index contributed by atoms with van der Waals surface area (Å²) in [7, 11) is 0. The lowest BCUT2D eigenvalue weighted by molar-refractivity contribution is -0.122. The summed E-state index contributed by atoms with van der Waals surface area (Å²) < 4.78 is 0. The summed E-state index contributed by atoms with van der Waals surface area (Å²) in [5.74, 6) is 0.936. The second-order valence-corrected chi connectivity index (χ2v) is 6.63. The molecule has 3 unspecified atom stereocenters. The van der Waals surface area contributed by atoms with E-state index in [0.717, 1.165) is 25.7 Å². The van der Waals surface area contributed by atoms with E-state index in [9.17, 15) is 9.90 Å². The van der Waals surface area contributed by atoms with Crippen molar-refractivity contribution < 1.29 is 9.90 Å². The second-order valence-electron chi connectivity index (χ2n) is 6.63. The number of carbonyl (C=O) groups is 1. The predicted molar refractivity (Wildman–Crippen MR) is 87.6 cm³/mol. The van der Waals surface area contributed by atoms with Crippen molar-refractivity contribution in [3.8, 4) is 0 Å². The Hall–Kier alpha value is -0.320. The Morgan fingerprint density at radius 3 is 2.33 bits per heavy atom. The van der Waals surface area contributed by atoms with E-state index >= 15 is 0 Å². The molecule has 0 spiro atoms. The van der Waals surface area contributed by atoms with E-state index in [0.29, 0.717) is 36.9 Å². The summed E-state index contributed by atoms with van der Waals surface area (Å²) >= 11 is 0. The number of piperidine rings is 1. The fourth-order valence-electron chi connectivity index (χ4n) is 3.89. The second kappa shape index (κ2) is 8.96. The van der Waals surface area contributed by atoms with E-state index < -0.39 is 6.10 Å². The first-order valence-corrected chi connectivity index (χ1v) is 8.33. The number of halogens is 1. The molecule has 2 fully saturated rings. The van der Waals surface area contributed by atoms with Crippen LogP contribution < -0.4 is 10.6 Å². The van der Waals surface area contributed by atoms with Crippen molar-refractivity contribution >= 4 is 18.3 Å². The standard InChI is InChI=1S/C16H30N2O2.ClH/c1-3-12(4-2)15(19)10-17-16(20)9-11-7-13-5-6-14(8-11)18-13;/h11-15,18-19H,3-10H2,1-2H3,(H,17,20);1H. The van der Waals surface area contributed by atoms with E-state index in [1.807, 2.05) is 0 Å². The topological polar surface area (TPSA) is 61.4 Å². The maximum atomic E-state index is 12.0. The van der Waals surface area contributed by atoms with Gasteiger partial charge in [0, 0.05) is 25.0 Å². The van der Waals surface area contributed by atoms with Gasteiger partial charge < -0.3 is 15.7 Å². The number of hydrogen-bond acceptors (Lipinski definition) is 3. The molecular weight excluding hydrogens is 288 g/mol. The molecule has 4 nitrogen and oxygen atoms in total. The molecule has 0 aromatic heterocycles. The maximum Gasteiger partial charge on any atom is 0.220 e. The average Bonchev–Trinajstić information content (AvgIpc) is 2.77. The molecule has 2 aliphatic heterocycles. The fraction of sp³-hybridized carbons (Fsp3) is 0.938. The van der Waals surface area contributed by atoms with Crippen LogP contribution in [0.2, 0.25) is 0 Å². The quantitative estimate of drug-likeness (QED) is 0.674. The number of nitrogens with one attached hydrogen (secondary N) is 2. The number of carbonyl (C=O) groups excluding carboxylic acids is 1. The highest BCUT2D eigenvalue weighted by molar-refractivity contribution is 5.85. The number of aliphatic hydroxyl groups is 1. The van der Waals surface area contributed by atoms with Crippen molar-refractivity contribution in [3.63, 3.8) is 0 Å². The SMILES string of the molecule is CCC(CC)C(O)CNC(=O)CC1CC2CCC(C1)N2.Cl. The predicted octanol–water partition coefficient (Wildman–Crippen LogP) is 2.24. The first-order valence-electron chi connectivity index (χ1n) is 8.33. The molecule has 21 heavy (non-hydrogen) atoms. The minimum Gasteiger partial charge on any atom is -0.391 e. The van der Waals surface area contributed by atoms with E-state index in [2.05, 4.69) is 24.5 Å². The van der Waals surface area contributed by atoms with Gasteiger partial charge >= 0.3 is 0 Å². The fourth-order valence-corrected chi connectivity index (χ4v) is 3.89. The summed E-state index contributed by atoms with van der Waals surface area (Å²) in [4.78, 5) is 12.0. The molecule has 3 atom stereocenters. The average molecular weight is 319 g/mol. The highest BCUT2D eigenvalue weighted by Gasteiger charge is 2.34. The highest BCUT2D eigenvalue weighted by atomic mass is 35.5. The molecule has 2 rings (SSSR count). The van der Waals surface area contributed by atoms with E-state index in [4.69, 9.17) is 0 Å². The molecule has 0 aromatic carbocycles. The van der Waals surface area contributed by atoms with Crippen LogP contribution in [-0.4, -0.2) is 35.7 Å². The van der Waals surface area contributed by atoms with Crippen molar-refractivity contribution in [1.29, 1.82) is 0 Å². The van der Waals surface area contributed by atoms with Gasteiger partial charge in [0.2, 0.25) is 5.91 Å². The Morgan fingerprint density at radius 2 is 1.81 bits per heavy atom. The van der Waals surface area contributed by atoms with Gasteiger partial charge in [0.1, 0.15) is 0 Å². The van der Waals surface area contributed by atoms with E-state index in [1.165, 1.54) is 12.8 Å². The Morgan fingerprint density at radius 1 is 1.24 bits per heavy atom. The van der Waals surface area contributed by atoms with Crippen molar-refractivity contribution in [2.45, 2.75) is 77.0 Å². The van der Waals surface area contributed by atoms with Crippen LogP contribution in [0.5, 0.6) is 0 Å². The first-order chi connectivity index (χ1) is 9.62. The highest BCUT2D eigenvalue weighted by Crippen LogP contribution is 2.32. The van der Waals surface area contributed by atoms with Crippen molar-refractivity contribution in [1.82, 2.24) is 10.6 Å². The summed E-state index contributed by atoms with van der Waals surface area (Å²) in [5.41, 5.74) is 0. The van der Waals surface area contributed by atoms with Crippen LogP contribution in [0.3, 0.4) is 0 Å². The van der Waals surface area contributed by atoms with E-state index in [-0.39, 0.29) is 18.3 Å². The molecular formula is C16H31ClN2O2. The van der Waals surface area contributed by atoms with Gasteiger partial charge in [-0.2, -0.15) is 0 Å². The van der Waals surface area contributed by atoms with Crippen molar-refractivity contribution in [3.05, 3.63) is 0 Å². The zero-order chi connectivity index (χ0) is 14.5. The molecule has 0 radical (unpaired) electrons. The molecule has 0 aromatic rings. The molecule has 1 amide bonds. The lowest BCUT2D eigenvalue weighted by Crippen LogP contribution is -2.41. The number of rotatable bonds is 7. The Kier molecular flexibility index (Phi) is 7.99. The van der Waals surface area contributed by atoms with E-state index in [1.54, 1.807) is 0 Å². The first kappa shape index (κ1) is 18.7.